The predicted octanol–water partition coefficient (Wildman–Crippen LogP) is 1.60. The zero-order chi connectivity index (χ0) is 18.4. The standard InChI is InChI=1S/C19H27N3O4/c1-2-20-18(24)14-6-5-7-15(12-14)21-17(23)13-22-9-4-3-8-16(22)19-25-10-11-26-19/h5-7,12,16,19H,2-4,8-11,13H2,1H3,(H,20,24)(H,21,23). The van der Waals surface area contributed by atoms with Crippen LogP contribution < -0.4 is 10.6 Å². The Morgan fingerprint density at radius 2 is 2.04 bits per heavy atom. The van der Waals surface area contributed by atoms with Crippen molar-refractivity contribution in [2.24, 2.45) is 0 Å². The minimum atomic E-state index is -0.232. The monoisotopic (exact) mass is 361 g/mol. The van der Waals surface area contributed by atoms with Gasteiger partial charge in [-0.25, -0.2) is 0 Å². The van der Waals surface area contributed by atoms with Crippen molar-refractivity contribution in [3.8, 4) is 0 Å². The van der Waals surface area contributed by atoms with Gasteiger partial charge in [0.1, 0.15) is 0 Å². The molecule has 2 N–H and O–H groups in total. The molecule has 1 aromatic rings. The number of likely N-dealkylation sites (tertiary alicyclic amines) is 1. The molecular weight excluding hydrogens is 334 g/mol. The molecule has 2 aliphatic rings. The summed E-state index contributed by atoms with van der Waals surface area (Å²) in [6.45, 7) is 4.83. The minimum absolute atomic E-state index is 0.0945. The van der Waals surface area contributed by atoms with Crippen LogP contribution in [0.2, 0.25) is 0 Å². The Hall–Kier alpha value is -1.96. The van der Waals surface area contributed by atoms with Crippen LogP contribution in [-0.4, -0.2) is 61.9 Å². The number of rotatable bonds is 6. The van der Waals surface area contributed by atoms with Crippen molar-refractivity contribution in [3.63, 3.8) is 0 Å². The molecule has 2 aliphatic heterocycles. The van der Waals surface area contributed by atoms with Gasteiger partial charge in [0, 0.05) is 17.8 Å². The quantitative estimate of drug-likeness (QED) is 0.805. The van der Waals surface area contributed by atoms with Gasteiger partial charge in [0.15, 0.2) is 6.29 Å². The SMILES string of the molecule is CCNC(=O)c1cccc(NC(=O)CN2CCCCC2C2OCCO2)c1. The number of hydrogen-bond donors (Lipinski definition) is 2. The van der Waals surface area contributed by atoms with E-state index in [0.717, 1.165) is 25.8 Å². The summed E-state index contributed by atoms with van der Waals surface area (Å²) in [4.78, 5) is 26.6. The highest BCUT2D eigenvalue weighted by atomic mass is 16.7. The molecule has 0 bridgehead atoms. The molecule has 142 valence electrons. The van der Waals surface area contributed by atoms with E-state index in [1.165, 1.54) is 0 Å². The van der Waals surface area contributed by atoms with Crippen molar-refractivity contribution in [1.82, 2.24) is 10.2 Å². The summed E-state index contributed by atoms with van der Waals surface area (Å²) >= 11 is 0. The number of carbonyl (C=O) groups is 2. The number of nitrogens with one attached hydrogen (secondary N) is 2. The fraction of sp³-hybridized carbons (Fsp3) is 0.579. The number of carbonyl (C=O) groups excluding carboxylic acids is 2. The van der Waals surface area contributed by atoms with Crippen molar-refractivity contribution >= 4 is 17.5 Å². The first-order chi connectivity index (χ1) is 12.7. The predicted molar refractivity (Wildman–Crippen MR) is 98.0 cm³/mol. The molecule has 2 amide bonds. The molecule has 7 nitrogen and oxygen atoms in total. The molecule has 1 unspecified atom stereocenters. The second-order valence-corrected chi connectivity index (χ2v) is 6.63. The first-order valence-electron chi connectivity index (χ1n) is 9.32. The molecule has 0 radical (unpaired) electrons. The van der Waals surface area contributed by atoms with Gasteiger partial charge < -0.3 is 20.1 Å². The molecular formula is C19H27N3O4. The average Bonchev–Trinajstić information content (AvgIpc) is 3.17. The van der Waals surface area contributed by atoms with E-state index in [1.807, 2.05) is 6.92 Å². The Labute approximate surface area is 154 Å². The van der Waals surface area contributed by atoms with E-state index in [0.29, 0.717) is 37.6 Å². The molecule has 26 heavy (non-hydrogen) atoms. The molecule has 2 saturated heterocycles. The zero-order valence-corrected chi connectivity index (χ0v) is 15.2. The number of nitrogens with zero attached hydrogens (tertiary/aromatic N) is 1. The van der Waals surface area contributed by atoms with E-state index in [4.69, 9.17) is 9.47 Å². The Balaban J connectivity index is 1.59. The molecule has 3 rings (SSSR count). The summed E-state index contributed by atoms with van der Waals surface area (Å²) in [7, 11) is 0. The maximum atomic E-state index is 12.5. The molecule has 0 aliphatic carbocycles. The smallest absolute Gasteiger partial charge is 0.251 e. The maximum absolute atomic E-state index is 12.5. The van der Waals surface area contributed by atoms with Crippen LogP contribution in [0.1, 0.15) is 36.5 Å². The van der Waals surface area contributed by atoms with Crippen LogP contribution in [0, 0.1) is 0 Å². The third-order valence-electron chi connectivity index (χ3n) is 4.72. The van der Waals surface area contributed by atoms with Crippen molar-refractivity contribution in [2.45, 2.75) is 38.5 Å². The highest BCUT2D eigenvalue weighted by Crippen LogP contribution is 2.24. The molecule has 0 spiro atoms. The Bertz CT molecular complexity index is 631. The highest BCUT2D eigenvalue weighted by Gasteiger charge is 2.34. The van der Waals surface area contributed by atoms with Crippen molar-refractivity contribution in [3.05, 3.63) is 29.8 Å². The van der Waals surface area contributed by atoms with Crippen LogP contribution in [0.4, 0.5) is 5.69 Å². The summed E-state index contributed by atoms with van der Waals surface area (Å²) in [5.74, 6) is -0.238. The van der Waals surface area contributed by atoms with Crippen LogP contribution >= 0.6 is 0 Å². The minimum Gasteiger partial charge on any atom is -0.352 e. The fourth-order valence-corrected chi connectivity index (χ4v) is 3.51. The van der Waals surface area contributed by atoms with Crippen molar-refractivity contribution in [1.29, 1.82) is 0 Å². The lowest BCUT2D eigenvalue weighted by Crippen LogP contribution is -2.50. The number of ether oxygens (including phenoxy) is 2. The summed E-state index contributed by atoms with van der Waals surface area (Å²) in [5, 5.41) is 5.65. The van der Waals surface area contributed by atoms with E-state index in [9.17, 15) is 9.59 Å². The third kappa shape index (κ3) is 4.81. The number of hydrogen-bond acceptors (Lipinski definition) is 5. The molecule has 1 aromatic carbocycles. The molecule has 2 heterocycles. The van der Waals surface area contributed by atoms with Crippen LogP contribution in [0.3, 0.4) is 0 Å². The van der Waals surface area contributed by atoms with Gasteiger partial charge in [0.25, 0.3) is 5.91 Å². The first-order valence-corrected chi connectivity index (χ1v) is 9.32. The second kappa shape index (κ2) is 9.12. The van der Waals surface area contributed by atoms with Gasteiger partial charge in [-0.05, 0) is 44.5 Å². The van der Waals surface area contributed by atoms with Gasteiger partial charge in [-0.15, -0.1) is 0 Å². The lowest BCUT2D eigenvalue weighted by atomic mass is 10.0. The second-order valence-electron chi connectivity index (χ2n) is 6.63. The topological polar surface area (TPSA) is 79.9 Å². The zero-order valence-electron chi connectivity index (χ0n) is 15.2. The van der Waals surface area contributed by atoms with E-state index >= 15 is 0 Å². The van der Waals surface area contributed by atoms with Gasteiger partial charge >= 0.3 is 0 Å². The van der Waals surface area contributed by atoms with E-state index in [2.05, 4.69) is 15.5 Å². The summed E-state index contributed by atoms with van der Waals surface area (Å²) in [5.41, 5.74) is 1.16. The normalized spacial score (nSPS) is 21.5. The van der Waals surface area contributed by atoms with Crippen LogP contribution in [0.15, 0.2) is 24.3 Å². The lowest BCUT2D eigenvalue weighted by molar-refractivity contribution is -0.127. The van der Waals surface area contributed by atoms with Gasteiger partial charge in [-0.1, -0.05) is 12.5 Å². The van der Waals surface area contributed by atoms with Gasteiger partial charge in [0.2, 0.25) is 5.91 Å². The van der Waals surface area contributed by atoms with Gasteiger partial charge in [-0.2, -0.15) is 0 Å². The van der Waals surface area contributed by atoms with Crippen LogP contribution in [0.5, 0.6) is 0 Å². The summed E-state index contributed by atoms with van der Waals surface area (Å²) in [6, 6.07) is 7.11. The Kier molecular flexibility index (Phi) is 6.60. The summed E-state index contributed by atoms with van der Waals surface area (Å²) < 4.78 is 11.3. The van der Waals surface area contributed by atoms with Gasteiger partial charge in [-0.3, -0.25) is 14.5 Å². The number of piperidine rings is 1. The molecule has 1 atom stereocenters. The van der Waals surface area contributed by atoms with Gasteiger partial charge in [0.05, 0.1) is 25.8 Å². The number of benzene rings is 1. The summed E-state index contributed by atoms with van der Waals surface area (Å²) in [6.07, 6.45) is 2.94. The van der Waals surface area contributed by atoms with E-state index in [1.54, 1.807) is 24.3 Å². The molecule has 0 aromatic heterocycles. The molecule has 7 heteroatoms. The Morgan fingerprint density at radius 1 is 1.23 bits per heavy atom. The molecule has 0 saturated carbocycles. The van der Waals surface area contributed by atoms with Crippen molar-refractivity contribution in [2.75, 3.05) is 38.2 Å². The van der Waals surface area contributed by atoms with E-state index in [-0.39, 0.29) is 24.1 Å². The van der Waals surface area contributed by atoms with Crippen LogP contribution in [0.25, 0.3) is 0 Å². The van der Waals surface area contributed by atoms with Crippen LogP contribution in [-0.2, 0) is 14.3 Å². The maximum Gasteiger partial charge on any atom is 0.251 e. The number of anilines is 1. The fourth-order valence-electron chi connectivity index (χ4n) is 3.51. The van der Waals surface area contributed by atoms with Crippen molar-refractivity contribution < 1.29 is 19.1 Å². The largest absolute Gasteiger partial charge is 0.352 e. The van der Waals surface area contributed by atoms with E-state index < -0.39 is 0 Å². The first kappa shape index (κ1) is 18.8. The Morgan fingerprint density at radius 3 is 2.81 bits per heavy atom. The molecule has 2 fully saturated rings. The highest BCUT2D eigenvalue weighted by molar-refractivity contribution is 5.97. The lowest BCUT2D eigenvalue weighted by Gasteiger charge is -2.37. The number of amides is 2. The average molecular weight is 361 g/mol. The third-order valence-corrected chi connectivity index (χ3v) is 4.72.